The van der Waals surface area contributed by atoms with Crippen LogP contribution >= 0.6 is 0 Å². The molecule has 0 bridgehead atoms. The molecule has 12 heteroatoms. The van der Waals surface area contributed by atoms with E-state index < -0.39 is 10.0 Å². The monoisotopic (exact) mass is 485 g/mol. The van der Waals surface area contributed by atoms with Crippen LogP contribution in [0.15, 0.2) is 29.4 Å². The summed E-state index contributed by atoms with van der Waals surface area (Å²) in [6.07, 6.45) is 2.10. The van der Waals surface area contributed by atoms with Gasteiger partial charge in [-0.15, -0.1) is 0 Å². The largest absolute Gasteiger partial charge is 0.457 e. The fourth-order valence-corrected chi connectivity index (χ4v) is 4.88. The highest BCUT2D eigenvalue weighted by molar-refractivity contribution is 7.89. The van der Waals surface area contributed by atoms with Crippen LogP contribution in [0.4, 0.5) is 0 Å². The number of benzene rings is 1. The van der Waals surface area contributed by atoms with Crippen molar-refractivity contribution in [2.75, 3.05) is 14.1 Å². The number of imidazole rings is 1. The van der Waals surface area contributed by atoms with Crippen LogP contribution in [0.5, 0.6) is 0 Å². The number of aromatic nitrogens is 6. The van der Waals surface area contributed by atoms with Crippen LogP contribution in [0.1, 0.15) is 36.1 Å². The predicted molar refractivity (Wildman–Crippen MR) is 125 cm³/mol. The van der Waals surface area contributed by atoms with Gasteiger partial charge in [0.25, 0.3) is 5.78 Å². The summed E-state index contributed by atoms with van der Waals surface area (Å²) in [6.45, 7) is 6.36. The number of fused-ring (bicyclic) bond motifs is 2. The minimum Gasteiger partial charge on any atom is -0.457 e. The lowest BCUT2D eigenvalue weighted by Gasteiger charge is -2.11. The smallest absolute Gasteiger partial charge is 0.306 e. The van der Waals surface area contributed by atoms with Gasteiger partial charge in [0.15, 0.2) is 0 Å². The Morgan fingerprint density at radius 3 is 2.65 bits per heavy atom. The third kappa shape index (κ3) is 4.26. The molecule has 1 aromatic carbocycles. The normalized spacial score (nSPS) is 12.2. The molecule has 4 aromatic rings. The number of esters is 1. The van der Waals surface area contributed by atoms with Crippen LogP contribution in [0.3, 0.4) is 0 Å². The van der Waals surface area contributed by atoms with Crippen molar-refractivity contribution in [1.29, 1.82) is 0 Å². The summed E-state index contributed by atoms with van der Waals surface area (Å²) >= 11 is 0. The first-order valence-corrected chi connectivity index (χ1v) is 12.3. The van der Waals surface area contributed by atoms with Crippen molar-refractivity contribution in [3.05, 3.63) is 47.3 Å². The van der Waals surface area contributed by atoms with E-state index in [4.69, 9.17) is 4.74 Å². The van der Waals surface area contributed by atoms with E-state index >= 15 is 0 Å². The highest BCUT2D eigenvalue weighted by atomic mass is 32.2. The van der Waals surface area contributed by atoms with Gasteiger partial charge < -0.3 is 9.30 Å². The van der Waals surface area contributed by atoms with Crippen LogP contribution in [-0.2, 0) is 39.1 Å². The van der Waals surface area contributed by atoms with Gasteiger partial charge in [0.05, 0.1) is 15.9 Å². The maximum Gasteiger partial charge on any atom is 0.306 e. The summed E-state index contributed by atoms with van der Waals surface area (Å²) < 4.78 is 35.1. The van der Waals surface area contributed by atoms with E-state index in [0.29, 0.717) is 30.1 Å². The van der Waals surface area contributed by atoms with Crippen molar-refractivity contribution >= 4 is 32.8 Å². The molecular weight excluding hydrogens is 458 g/mol. The maximum atomic E-state index is 12.5. The van der Waals surface area contributed by atoms with Crippen molar-refractivity contribution in [2.45, 2.75) is 51.7 Å². The van der Waals surface area contributed by atoms with Gasteiger partial charge >= 0.3 is 5.97 Å². The van der Waals surface area contributed by atoms with E-state index in [9.17, 15) is 13.2 Å². The van der Waals surface area contributed by atoms with Gasteiger partial charge in [-0.3, -0.25) is 4.79 Å². The topological polar surface area (TPSA) is 125 Å². The van der Waals surface area contributed by atoms with E-state index in [1.165, 1.54) is 20.4 Å². The molecule has 11 nitrogen and oxygen atoms in total. The molecule has 0 saturated carbocycles. The van der Waals surface area contributed by atoms with E-state index in [1.54, 1.807) is 22.7 Å². The summed E-state index contributed by atoms with van der Waals surface area (Å²) in [4.78, 5) is 25.7. The Kier molecular flexibility index (Phi) is 6.36. The first-order chi connectivity index (χ1) is 16.1. The average Bonchev–Trinajstić information content (AvgIpc) is 3.40. The van der Waals surface area contributed by atoms with Gasteiger partial charge in [0, 0.05) is 38.4 Å². The number of aryl methyl sites for hydroxylation is 3. The molecule has 0 aliphatic carbocycles. The van der Waals surface area contributed by atoms with Gasteiger partial charge in [-0.05, 0) is 51.0 Å². The SMILES string of the molecule is CCn1c(COC(=O)CCc2c(C)nc3ncnn3c2C)nc2cc(S(=O)(=O)N(C)C)ccc21. The van der Waals surface area contributed by atoms with Gasteiger partial charge in [0.2, 0.25) is 10.0 Å². The lowest BCUT2D eigenvalue weighted by Crippen LogP contribution is -2.22. The van der Waals surface area contributed by atoms with Crippen molar-refractivity contribution in [3.63, 3.8) is 0 Å². The fourth-order valence-electron chi connectivity index (χ4n) is 3.96. The molecule has 3 aromatic heterocycles. The fraction of sp³-hybridized carbons (Fsp3) is 0.409. The lowest BCUT2D eigenvalue weighted by atomic mass is 10.1. The van der Waals surface area contributed by atoms with E-state index in [2.05, 4.69) is 20.1 Å². The summed E-state index contributed by atoms with van der Waals surface area (Å²) in [5.41, 5.74) is 3.95. The molecule has 34 heavy (non-hydrogen) atoms. The minimum atomic E-state index is -3.57. The van der Waals surface area contributed by atoms with Crippen molar-refractivity contribution < 1.29 is 17.9 Å². The molecule has 0 fully saturated rings. The highest BCUT2D eigenvalue weighted by Gasteiger charge is 2.20. The molecule has 0 atom stereocenters. The van der Waals surface area contributed by atoms with Gasteiger partial charge in [-0.2, -0.15) is 10.1 Å². The van der Waals surface area contributed by atoms with Gasteiger partial charge in [0.1, 0.15) is 18.8 Å². The number of rotatable bonds is 8. The zero-order chi connectivity index (χ0) is 24.6. The second-order valence-corrected chi connectivity index (χ2v) is 10.3. The zero-order valence-corrected chi connectivity index (χ0v) is 20.6. The molecular formula is C22H27N7O4S. The molecule has 0 aliphatic heterocycles. The Balaban J connectivity index is 1.48. The number of carbonyl (C=O) groups is 1. The molecule has 0 N–H and O–H groups in total. The Labute approximate surface area is 197 Å². The third-order valence-electron chi connectivity index (χ3n) is 5.82. The second kappa shape index (κ2) is 9.11. The quantitative estimate of drug-likeness (QED) is 0.347. The summed E-state index contributed by atoms with van der Waals surface area (Å²) in [5, 5.41) is 4.17. The number of ether oxygens (including phenoxy) is 1. The van der Waals surface area contributed by atoms with E-state index in [0.717, 1.165) is 26.8 Å². The molecule has 4 rings (SSSR count). The van der Waals surface area contributed by atoms with Crippen LogP contribution in [0, 0.1) is 13.8 Å². The summed E-state index contributed by atoms with van der Waals surface area (Å²) in [5.74, 6) is 0.729. The van der Waals surface area contributed by atoms with Crippen molar-refractivity contribution in [2.24, 2.45) is 0 Å². The summed E-state index contributed by atoms with van der Waals surface area (Å²) in [7, 11) is -0.603. The molecule has 3 heterocycles. The predicted octanol–water partition coefficient (Wildman–Crippen LogP) is 2.04. The first-order valence-electron chi connectivity index (χ1n) is 10.9. The maximum absolute atomic E-state index is 12.5. The number of nitrogens with zero attached hydrogens (tertiary/aromatic N) is 7. The van der Waals surface area contributed by atoms with Crippen LogP contribution in [0.25, 0.3) is 16.8 Å². The number of sulfonamides is 1. The standard InChI is InChI=1S/C22H27N7O4S/c1-6-28-19-9-7-16(34(31,32)27(4)5)11-18(19)26-20(28)12-33-21(30)10-8-17-14(2)25-22-23-13-24-29(22)15(17)3/h7,9,11,13H,6,8,10,12H2,1-5H3. The molecule has 0 aliphatic rings. The molecule has 0 amide bonds. The van der Waals surface area contributed by atoms with Crippen LogP contribution in [-0.4, -0.2) is 61.9 Å². The van der Waals surface area contributed by atoms with Crippen molar-refractivity contribution in [1.82, 2.24) is 33.4 Å². The Hall–Kier alpha value is -3.38. The minimum absolute atomic E-state index is 0.00452. The second-order valence-electron chi connectivity index (χ2n) is 8.10. The lowest BCUT2D eigenvalue weighted by molar-refractivity contribution is -0.145. The number of carbonyl (C=O) groups excluding carboxylic acids is 1. The van der Waals surface area contributed by atoms with Gasteiger partial charge in [-0.25, -0.2) is 27.2 Å². The van der Waals surface area contributed by atoms with E-state index in [1.807, 2.05) is 25.3 Å². The molecule has 0 unspecified atom stereocenters. The first kappa shape index (κ1) is 23.8. The Morgan fingerprint density at radius 2 is 1.94 bits per heavy atom. The van der Waals surface area contributed by atoms with Crippen LogP contribution < -0.4 is 0 Å². The Bertz CT molecular complexity index is 1490. The number of hydrogen-bond acceptors (Lipinski definition) is 8. The van der Waals surface area contributed by atoms with Crippen molar-refractivity contribution in [3.8, 4) is 0 Å². The van der Waals surface area contributed by atoms with E-state index in [-0.39, 0.29) is 23.9 Å². The van der Waals surface area contributed by atoms with Crippen LogP contribution in [0.2, 0.25) is 0 Å². The van der Waals surface area contributed by atoms with Gasteiger partial charge in [-0.1, -0.05) is 0 Å². The Morgan fingerprint density at radius 1 is 1.18 bits per heavy atom. The molecule has 180 valence electrons. The highest BCUT2D eigenvalue weighted by Crippen LogP contribution is 2.23. The zero-order valence-electron chi connectivity index (χ0n) is 19.8. The average molecular weight is 486 g/mol. The molecule has 0 saturated heterocycles. The third-order valence-corrected chi connectivity index (χ3v) is 7.63. The molecule has 0 spiro atoms. The summed E-state index contributed by atoms with van der Waals surface area (Å²) in [6, 6.07) is 4.83. The molecule has 0 radical (unpaired) electrons. The number of hydrogen-bond donors (Lipinski definition) is 0.